The zero-order valence-electron chi connectivity index (χ0n) is 18.2. The number of carbonyl (C=O) groups excluding carboxylic acids is 1. The summed E-state index contributed by atoms with van der Waals surface area (Å²) in [5.74, 6) is 1.79. The van der Waals surface area contributed by atoms with Crippen LogP contribution in [0.3, 0.4) is 0 Å². The molecule has 162 valence electrons. The van der Waals surface area contributed by atoms with Gasteiger partial charge in [-0.2, -0.15) is 0 Å². The molecule has 2 heterocycles. The van der Waals surface area contributed by atoms with Gasteiger partial charge in [-0.05, 0) is 25.6 Å². The zero-order chi connectivity index (χ0) is 21.5. The number of likely N-dealkylation sites (N-methyl/N-ethyl adjacent to an activating group) is 1. The van der Waals surface area contributed by atoms with Crippen molar-refractivity contribution >= 4 is 23.8 Å². The predicted molar refractivity (Wildman–Crippen MR) is 124 cm³/mol. The highest BCUT2D eigenvalue weighted by Gasteiger charge is 2.24. The average Bonchev–Trinajstić information content (AvgIpc) is 3.12. The van der Waals surface area contributed by atoms with Gasteiger partial charge in [0.2, 0.25) is 5.95 Å². The van der Waals surface area contributed by atoms with Gasteiger partial charge in [0.25, 0.3) is 0 Å². The first kappa shape index (κ1) is 22.4. The van der Waals surface area contributed by atoms with Gasteiger partial charge < -0.3 is 14.4 Å². The number of piperazine rings is 1. The summed E-state index contributed by atoms with van der Waals surface area (Å²) in [5.41, 5.74) is 1.92. The molecule has 0 bridgehead atoms. The topological polar surface area (TPSA) is 44.6 Å². The Hall–Kier alpha value is -2.31. The van der Waals surface area contributed by atoms with Crippen molar-refractivity contribution in [3.8, 4) is 11.3 Å². The van der Waals surface area contributed by atoms with Gasteiger partial charge >= 0.3 is 0 Å². The molecule has 1 aliphatic heterocycles. The normalized spacial score (nSPS) is 15.5. The third-order valence-electron chi connectivity index (χ3n) is 5.54. The number of nitrogens with zero attached hydrogens (tertiary/aromatic N) is 5. The summed E-state index contributed by atoms with van der Waals surface area (Å²) in [5, 5.41) is 0.711. The van der Waals surface area contributed by atoms with E-state index in [1.807, 2.05) is 42.1 Å². The number of imidazole rings is 1. The van der Waals surface area contributed by atoms with Gasteiger partial charge in [0, 0.05) is 62.6 Å². The second-order valence-corrected chi connectivity index (χ2v) is 8.29. The van der Waals surface area contributed by atoms with Gasteiger partial charge in [0.15, 0.2) is 0 Å². The van der Waals surface area contributed by atoms with Crippen molar-refractivity contribution in [2.45, 2.75) is 26.2 Å². The number of unbranched alkanes of at least 4 members (excludes halogenated alkanes) is 2. The maximum atomic E-state index is 11.6. The fourth-order valence-corrected chi connectivity index (χ4v) is 3.89. The maximum absolute atomic E-state index is 11.6. The third kappa shape index (κ3) is 5.43. The molecule has 6 nitrogen and oxygen atoms in total. The summed E-state index contributed by atoms with van der Waals surface area (Å²) < 4.78 is 2.05. The molecular formula is C23H32ClN5O. The molecular weight excluding hydrogens is 398 g/mol. The van der Waals surface area contributed by atoms with Gasteiger partial charge in [0.1, 0.15) is 12.1 Å². The first-order valence-electron chi connectivity index (χ1n) is 10.7. The van der Waals surface area contributed by atoms with E-state index in [1.165, 1.54) is 0 Å². The minimum atomic E-state index is 0.711. The van der Waals surface area contributed by atoms with Crippen molar-refractivity contribution in [2.75, 3.05) is 44.7 Å². The Morgan fingerprint density at radius 3 is 2.47 bits per heavy atom. The highest BCUT2D eigenvalue weighted by Crippen LogP contribution is 2.27. The van der Waals surface area contributed by atoms with E-state index in [0.717, 1.165) is 81.3 Å². The van der Waals surface area contributed by atoms with Crippen LogP contribution in [-0.4, -0.2) is 65.4 Å². The van der Waals surface area contributed by atoms with Gasteiger partial charge in [0.05, 0.1) is 5.69 Å². The third-order valence-corrected chi connectivity index (χ3v) is 5.79. The Kier molecular flexibility index (Phi) is 7.94. The van der Waals surface area contributed by atoms with Crippen molar-refractivity contribution in [2.24, 2.45) is 7.05 Å². The number of hydrogen-bond acceptors (Lipinski definition) is 5. The van der Waals surface area contributed by atoms with Gasteiger partial charge in [-0.1, -0.05) is 43.5 Å². The maximum Gasteiger partial charge on any atom is 0.211 e. The standard InChI is InChI=1S/C23H32ClN5O/c1-4-5-6-12-29(22(11-17-30)28-15-13-26(2)14-16-28)23-25-21(18-27(23)3)19-7-9-20(24)10-8-19/h7-11,17-18H,4-6,12-16H2,1-3H3/b22-11-. The van der Waals surface area contributed by atoms with Crippen LogP contribution in [0.4, 0.5) is 5.95 Å². The van der Waals surface area contributed by atoms with Crippen LogP contribution in [0.5, 0.6) is 0 Å². The number of aldehydes is 1. The summed E-state index contributed by atoms with van der Waals surface area (Å²) in [6.07, 6.45) is 7.95. The SMILES string of the molecule is CCCCCN(/C(=C\C=O)N1CCN(C)CC1)c1nc(-c2ccc(Cl)cc2)cn1C. The Bertz CT molecular complexity index is 853. The molecule has 30 heavy (non-hydrogen) atoms. The minimum absolute atomic E-state index is 0.711. The largest absolute Gasteiger partial charge is 0.355 e. The van der Waals surface area contributed by atoms with Crippen LogP contribution in [0.15, 0.2) is 42.4 Å². The number of aromatic nitrogens is 2. The van der Waals surface area contributed by atoms with E-state index in [-0.39, 0.29) is 0 Å². The number of allylic oxidation sites excluding steroid dienone is 1. The molecule has 0 spiro atoms. The minimum Gasteiger partial charge on any atom is -0.355 e. The first-order valence-corrected chi connectivity index (χ1v) is 11.1. The lowest BCUT2D eigenvalue weighted by atomic mass is 10.2. The molecule has 1 fully saturated rings. The summed E-state index contributed by atoms with van der Waals surface area (Å²) >= 11 is 6.05. The number of anilines is 1. The van der Waals surface area contributed by atoms with E-state index in [0.29, 0.717) is 5.02 Å². The number of carbonyl (C=O) groups is 1. The highest BCUT2D eigenvalue weighted by molar-refractivity contribution is 6.30. The molecule has 1 saturated heterocycles. The molecule has 1 aromatic carbocycles. The molecule has 2 aromatic rings. The quantitative estimate of drug-likeness (QED) is 0.342. The molecule has 0 unspecified atom stereocenters. The van der Waals surface area contributed by atoms with Gasteiger partial charge in [-0.15, -0.1) is 0 Å². The van der Waals surface area contributed by atoms with Crippen LogP contribution >= 0.6 is 11.6 Å². The predicted octanol–water partition coefficient (Wildman–Crippen LogP) is 4.02. The molecule has 0 N–H and O–H groups in total. The molecule has 0 saturated carbocycles. The van der Waals surface area contributed by atoms with Gasteiger partial charge in [-0.25, -0.2) is 4.98 Å². The van der Waals surface area contributed by atoms with E-state index in [1.54, 1.807) is 6.08 Å². The molecule has 3 rings (SSSR count). The molecule has 1 aliphatic rings. The van der Waals surface area contributed by atoms with E-state index >= 15 is 0 Å². The Balaban J connectivity index is 1.95. The number of aryl methyl sites for hydroxylation is 1. The summed E-state index contributed by atoms with van der Waals surface area (Å²) in [4.78, 5) is 23.3. The van der Waals surface area contributed by atoms with Crippen LogP contribution in [0.1, 0.15) is 26.2 Å². The summed E-state index contributed by atoms with van der Waals surface area (Å²) in [7, 11) is 4.15. The molecule has 1 aromatic heterocycles. The van der Waals surface area contributed by atoms with E-state index in [2.05, 4.69) is 28.7 Å². The average molecular weight is 430 g/mol. The second-order valence-electron chi connectivity index (χ2n) is 7.85. The van der Waals surface area contributed by atoms with E-state index in [4.69, 9.17) is 16.6 Å². The number of benzene rings is 1. The number of halogens is 1. The fraction of sp³-hybridized carbons (Fsp3) is 0.478. The summed E-state index contributed by atoms with van der Waals surface area (Å²) in [6, 6.07) is 7.73. The first-order chi connectivity index (χ1) is 14.5. The lowest BCUT2D eigenvalue weighted by Crippen LogP contribution is -2.48. The Morgan fingerprint density at radius 1 is 1.13 bits per heavy atom. The number of hydrogen-bond donors (Lipinski definition) is 0. The fourth-order valence-electron chi connectivity index (χ4n) is 3.77. The molecule has 0 radical (unpaired) electrons. The second kappa shape index (κ2) is 10.6. The van der Waals surface area contributed by atoms with Crippen molar-refractivity contribution in [3.05, 3.63) is 47.4 Å². The van der Waals surface area contributed by atoms with Crippen molar-refractivity contribution in [1.82, 2.24) is 19.4 Å². The van der Waals surface area contributed by atoms with Crippen LogP contribution in [0.25, 0.3) is 11.3 Å². The Morgan fingerprint density at radius 2 is 1.83 bits per heavy atom. The van der Waals surface area contributed by atoms with Crippen LogP contribution < -0.4 is 4.90 Å². The molecule has 0 aliphatic carbocycles. The molecule has 0 amide bonds. The Labute approximate surface area is 184 Å². The number of rotatable bonds is 9. The lowest BCUT2D eigenvalue weighted by Gasteiger charge is -2.39. The van der Waals surface area contributed by atoms with E-state index < -0.39 is 0 Å². The summed E-state index contributed by atoms with van der Waals surface area (Å²) in [6.45, 7) is 6.78. The van der Waals surface area contributed by atoms with Crippen LogP contribution in [0, 0.1) is 0 Å². The van der Waals surface area contributed by atoms with Crippen molar-refractivity contribution in [1.29, 1.82) is 0 Å². The van der Waals surface area contributed by atoms with E-state index in [9.17, 15) is 4.79 Å². The highest BCUT2D eigenvalue weighted by atomic mass is 35.5. The molecule has 7 heteroatoms. The van der Waals surface area contributed by atoms with Crippen molar-refractivity contribution < 1.29 is 4.79 Å². The van der Waals surface area contributed by atoms with Crippen LogP contribution in [-0.2, 0) is 11.8 Å². The molecule has 0 atom stereocenters. The smallest absolute Gasteiger partial charge is 0.211 e. The monoisotopic (exact) mass is 429 g/mol. The zero-order valence-corrected chi connectivity index (χ0v) is 19.0. The van der Waals surface area contributed by atoms with Crippen molar-refractivity contribution in [3.63, 3.8) is 0 Å². The lowest BCUT2D eigenvalue weighted by molar-refractivity contribution is -0.104. The van der Waals surface area contributed by atoms with Crippen LogP contribution in [0.2, 0.25) is 5.02 Å². The van der Waals surface area contributed by atoms with Gasteiger partial charge in [-0.3, -0.25) is 9.69 Å².